The van der Waals surface area contributed by atoms with Gasteiger partial charge in [0, 0.05) is 11.0 Å². The van der Waals surface area contributed by atoms with Gasteiger partial charge in [0.1, 0.15) is 12.1 Å². The van der Waals surface area contributed by atoms with Crippen LogP contribution in [0.3, 0.4) is 0 Å². The van der Waals surface area contributed by atoms with Crippen molar-refractivity contribution in [2.45, 2.75) is 12.5 Å². The van der Waals surface area contributed by atoms with Gasteiger partial charge in [0.05, 0.1) is 0 Å². The fraction of sp³-hybridized carbons (Fsp3) is 0.250. The van der Waals surface area contributed by atoms with E-state index in [2.05, 4.69) is 33.1 Å². The zero-order valence-corrected chi connectivity index (χ0v) is 15.1. The number of nitrogens with one attached hydrogen (secondary N) is 3. The van der Waals surface area contributed by atoms with Crippen LogP contribution in [-0.2, 0) is 15.1 Å². The first-order valence-corrected chi connectivity index (χ1v) is 8.16. The summed E-state index contributed by atoms with van der Waals surface area (Å²) in [5.41, 5.74) is -0.710. The molecule has 0 radical (unpaired) electrons. The highest BCUT2D eigenvalue weighted by atomic mass is 79.9. The maximum atomic E-state index is 12.7. The van der Waals surface area contributed by atoms with Gasteiger partial charge in [-0.25, -0.2) is 9.59 Å². The van der Waals surface area contributed by atoms with E-state index in [9.17, 15) is 19.2 Å². The van der Waals surface area contributed by atoms with Crippen LogP contribution in [0.5, 0.6) is 0 Å². The molecule has 1 aliphatic heterocycles. The Labute approximate surface area is 152 Å². The van der Waals surface area contributed by atoms with Crippen molar-refractivity contribution in [3.05, 3.63) is 47.0 Å². The average molecular weight is 409 g/mol. The molecule has 1 aromatic rings. The Bertz CT molecular complexity index is 751. The fourth-order valence-electron chi connectivity index (χ4n) is 2.35. The number of benzene rings is 1. The first-order chi connectivity index (χ1) is 11.8. The van der Waals surface area contributed by atoms with Crippen LogP contribution in [0.4, 0.5) is 9.59 Å². The molecule has 9 heteroatoms. The molecule has 1 saturated heterocycles. The van der Waals surface area contributed by atoms with Gasteiger partial charge in [-0.2, -0.15) is 0 Å². The van der Waals surface area contributed by atoms with Crippen molar-refractivity contribution in [1.29, 1.82) is 0 Å². The van der Waals surface area contributed by atoms with Crippen molar-refractivity contribution in [1.82, 2.24) is 20.9 Å². The summed E-state index contributed by atoms with van der Waals surface area (Å²) >= 11 is 3.32. The Morgan fingerprint density at radius 2 is 2.12 bits per heavy atom. The zero-order valence-electron chi connectivity index (χ0n) is 13.5. The minimum atomic E-state index is -1.29. The van der Waals surface area contributed by atoms with Crippen molar-refractivity contribution >= 4 is 39.8 Å². The molecule has 3 N–H and O–H groups in total. The molecule has 0 spiro atoms. The highest BCUT2D eigenvalue weighted by molar-refractivity contribution is 9.10. The molecule has 1 unspecified atom stereocenters. The van der Waals surface area contributed by atoms with Gasteiger partial charge in [-0.15, -0.1) is 6.58 Å². The van der Waals surface area contributed by atoms with Crippen molar-refractivity contribution in [3.8, 4) is 0 Å². The molecule has 8 nitrogen and oxygen atoms in total. The van der Waals surface area contributed by atoms with Crippen LogP contribution in [0.2, 0.25) is 0 Å². The van der Waals surface area contributed by atoms with Crippen molar-refractivity contribution < 1.29 is 19.2 Å². The second-order valence-electron chi connectivity index (χ2n) is 5.50. The van der Waals surface area contributed by atoms with E-state index in [1.807, 2.05) is 5.32 Å². The molecule has 1 fully saturated rings. The van der Waals surface area contributed by atoms with Gasteiger partial charge < -0.3 is 10.6 Å². The highest BCUT2D eigenvalue weighted by Crippen LogP contribution is 2.30. The van der Waals surface area contributed by atoms with E-state index in [-0.39, 0.29) is 6.54 Å². The number of halogens is 1. The summed E-state index contributed by atoms with van der Waals surface area (Å²) in [5.74, 6) is -1.35. The largest absolute Gasteiger partial charge is 0.334 e. The molecule has 1 aliphatic rings. The van der Waals surface area contributed by atoms with Crippen LogP contribution in [0.1, 0.15) is 12.5 Å². The molecule has 0 bridgehead atoms. The van der Waals surface area contributed by atoms with Gasteiger partial charge in [-0.05, 0) is 24.6 Å². The lowest BCUT2D eigenvalue weighted by molar-refractivity contribution is -0.134. The van der Waals surface area contributed by atoms with Gasteiger partial charge in [0.25, 0.3) is 5.91 Å². The van der Waals surface area contributed by atoms with Crippen LogP contribution in [0, 0.1) is 0 Å². The summed E-state index contributed by atoms with van der Waals surface area (Å²) in [6.07, 6.45) is 1.45. The minimum Gasteiger partial charge on any atom is -0.334 e. The third-order valence-corrected chi connectivity index (χ3v) is 4.13. The Balaban J connectivity index is 2.09. The number of nitrogens with zero attached hydrogens (tertiary/aromatic N) is 1. The van der Waals surface area contributed by atoms with Gasteiger partial charge in [-0.1, -0.05) is 34.1 Å². The first-order valence-electron chi connectivity index (χ1n) is 7.36. The summed E-state index contributed by atoms with van der Waals surface area (Å²) in [7, 11) is 0. The third kappa shape index (κ3) is 4.05. The van der Waals surface area contributed by atoms with Crippen LogP contribution >= 0.6 is 15.9 Å². The fourth-order valence-corrected chi connectivity index (χ4v) is 2.75. The molecule has 1 heterocycles. The van der Waals surface area contributed by atoms with E-state index < -0.39 is 36.0 Å². The lowest BCUT2D eigenvalue weighted by Gasteiger charge is -2.22. The number of hydrogen-bond donors (Lipinski definition) is 3. The van der Waals surface area contributed by atoms with Crippen molar-refractivity contribution in [3.63, 3.8) is 0 Å². The number of hydrogen-bond acceptors (Lipinski definition) is 4. The number of urea groups is 2. The van der Waals surface area contributed by atoms with Crippen LogP contribution < -0.4 is 16.0 Å². The van der Waals surface area contributed by atoms with Crippen LogP contribution in [0.15, 0.2) is 41.4 Å². The monoisotopic (exact) mass is 408 g/mol. The van der Waals surface area contributed by atoms with E-state index >= 15 is 0 Å². The summed E-state index contributed by atoms with van der Waals surface area (Å²) in [4.78, 5) is 48.9. The Morgan fingerprint density at radius 1 is 1.40 bits per heavy atom. The van der Waals surface area contributed by atoms with Crippen molar-refractivity contribution in [2.75, 3.05) is 13.1 Å². The number of carbonyl (C=O) groups is 4. The van der Waals surface area contributed by atoms with E-state index in [1.54, 1.807) is 31.2 Å². The Kier molecular flexibility index (Phi) is 5.58. The number of rotatable bonds is 5. The summed E-state index contributed by atoms with van der Waals surface area (Å²) in [6, 6.07) is 5.52. The van der Waals surface area contributed by atoms with E-state index in [0.717, 1.165) is 9.37 Å². The second kappa shape index (κ2) is 7.47. The standard InChI is InChI=1S/C16H17BrN4O4/c1-3-7-18-14(24)19-12(22)9-21-13(23)16(2,20-15(21)25)10-5-4-6-11(17)8-10/h3-6,8H,1,7,9H2,2H3,(H,20,25)(H2,18,19,22,24). The summed E-state index contributed by atoms with van der Waals surface area (Å²) in [5, 5.41) is 6.99. The topological polar surface area (TPSA) is 108 Å². The van der Waals surface area contributed by atoms with Gasteiger partial charge in [0.15, 0.2) is 0 Å². The molecule has 2 rings (SSSR count). The predicted molar refractivity (Wildman–Crippen MR) is 93.5 cm³/mol. The summed E-state index contributed by atoms with van der Waals surface area (Å²) < 4.78 is 0.753. The van der Waals surface area contributed by atoms with E-state index in [1.165, 1.54) is 6.08 Å². The third-order valence-electron chi connectivity index (χ3n) is 3.64. The molecule has 0 aromatic heterocycles. The van der Waals surface area contributed by atoms with Gasteiger partial charge >= 0.3 is 12.1 Å². The van der Waals surface area contributed by atoms with Crippen LogP contribution in [0.25, 0.3) is 0 Å². The van der Waals surface area contributed by atoms with Crippen LogP contribution in [-0.4, -0.2) is 41.9 Å². The SMILES string of the molecule is C=CCNC(=O)NC(=O)CN1C(=O)NC(C)(c2cccc(Br)c2)C1=O. The smallest absolute Gasteiger partial charge is 0.325 e. The molecule has 25 heavy (non-hydrogen) atoms. The number of amides is 6. The molecular weight excluding hydrogens is 392 g/mol. The van der Waals surface area contributed by atoms with Crippen molar-refractivity contribution in [2.24, 2.45) is 0 Å². The molecule has 1 atom stereocenters. The molecule has 0 aliphatic carbocycles. The molecule has 0 saturated carbocycles. The maximum absolute atomic E-state index is 12.7. The van der Waals surface area contributed by atoms with E-state index in [4.69, 9.17) is 0 Å². The zero-order chi connectivity index (χ0) is 18.6. The number of carbonyl (C=O) groups excluding carboxylic acids is 4. The lowest BCUT2D eigenvalue weighted by atomic mass is 9.92. The van der Waals surface area contributed by atoms with E-state index in [0.29, 0.717) is 5.56 Å². The predicted octanol–water partition coefficient (Wildman–Crippen LogP) is 1.23. The minimum absolute atomic E-state index is 0.184. The quantitative estimate of drug-likeness (QED) is 0.502. The molecule has 6 amide bonds. The first kappa shape index (κ1) is 18.7. The molecule has 132 valence electrons. The average Bonchev–Trinajstić information content (AvgIpc) is 2.77. The molecular formula is C16H17BrN4O4. The second-order valence-corrected chi connectivity index (χ2v) is 6.42. The van der Waals surface area contributed by atoms with Gasteiger partial charge in [-0.3, -0.25) is 19.8 Å². The lowest BCUT2D eigenvalue weighted by Crippen LogP contribution is -2.46. The maximum Gasteiger partial charge on any atom is 0.325 e. The molecule has 1 aromatic carbocycles. The normalized spacial score (nSPS) is 19.4. The van der Waals surface area contributed by atoms with Gasteiger partial charge in [0.2, 0.25) is 5.91 Å². The Morgan fingerprint density at radius 3 is 2.76 bits per heavy atom. The Hall–Kier alpha value is -2.68. The number of imide groups is 2. The highest BCUT2D eigenvalue weighted by Gasteiger charge is 2.49. The summed E-state index contributed by atoms with van der Waals surface area (Å²) in [6.45, 7) is 4.61.